The molecule has 5 heteroatoms. The zero-order valence-corrected chi connectivity index (χ0v) is 10.2. The lowest BCUT2D eigenvalue weighted by Gasteiger charge is -2.28. The fraction of sp³-hybridized carbons (Fsp3) is 0.636. The van der Waals surface area contributed by atoms with E-state index in [2.05, 4.69) is 21.8 Å². The van der Waals surface area contributed by atoms with Crippen molar-refractivity contribution in [2.24, 2.45) is 0 Å². The number of rotatable bonds is 3. The Hall–Kier alpha value is -1.03. The van der Waals surface area contributed by atoms with Crippen molar-refractivity contribution in [1.82, 2.24) is 9.97 Å². The smallest absolute Gasteiger partial charge is 0.223 e. The molecule has 0 radical (unpaired) electrons. The summed E-state index contributed by atoms with van der Waals surface area (Å²) in [5, 5.41) is 0.416. The second-order valence-electron chi connectivity index (χ2n) is 4.13. The normalized spacial score (nSPS) is 16.6. The predicted octanol–water partition coefficient (Wildman–Crippen LogP) is 2.48. The van der Waals surface area contributed by atoms with Gasteiger partial charge in [-0.05, 0) is 19.8 Å². The number of nitrogens with zero attached hydrogens (tertiary/aromatic N) is 3. The number of aromatic nitrogens is 2. The van der Waals surface area contributed by atoms with Crippen LogP contribution in [0, 0.1) is 0 Å². The Morgan fingerprint density at radius 2 is 2.12 bits per heavy atom. The van der Waals surface area contributed by atoms with E-state index >= 15 is 0 Å². The van der Waals surface area contributed by atoms with Gasteiger partial charge in [-0.3, -0.25) is 0 Å². The average molecular weight is 241 g/mol. The zero-order chi connectivity index (χ0) is 11.5. The predicted molar refractivity (Wildman–Crippen MR) is 66.7 cm³/mol. The van der Waals surface area contributed by atoms with Gasteiger partial charge >= 0.3 is 0 Å². The van der Waals surface area contributed by atoms with Gasteiger partial charge < -0.3 is 10.6 Å². The van der Waals surface area contributed by atoms with Gasteiger partial charge in [0.1, 0.15) is 11.0 Å². The maximum absolute atomic E-state index is 5.90. The molecule has 0 spiro atoms. The highest BCUT2D eigenvalue weighted by Gasteiger charge is 2.23. The molecule has 0 atom stereocenters. The number of hydrogen-bond donors (Lipinski definition) is 1. The number of anilines is 2. The van der Waals surface area contributed by atoms with E-state index in [1.54, 1.807) is 6.07 Å². The lowest BCUT2D eigenvalue weighted by atomic mass is 10.2. The Labute approximate surface area is 101 Å². The van der Waals surface area contributed by atoms with Gasteiger partial charge in [0.25, 0.3) is 0 Å². The fourth-order valence-electron chi connectivity index (χ4n) is 2.39. The molecule has 1 aromatic heterocycles. The van der Waals surface area contributed by atoms with Gasteiger partial charge in [-0.2, -0.15) is 4.98 Å². The third kappa shape index (κ3) is 2.38. The third-order valence-electron chi connectivity index (χ3n) is 3.10. The van der Waals surface area contributed by atoms with E-state index in [9.17, 15) is 0 Å². The summed E-state index contributed by atoms with van der Waals surface area (Å²) in [4.78, 5) is 10.4. The Kier molecular flexibility index (Phi) is 3.49. The first-order chi connectivity index (χ1) is 7.70. The van der Waals surface area contributed by atoms with E-state index in [4.69, 9.17) is 17.3 Å². The topological polar surface area (TPSA) is 55.0 Å². The summed E-state index contributed by atoms with van der Waals surface area (Å²) in [6, 6.07) is 2.37. The second kappa shape index (κ2) is 4.87. The minimum Gasteiger partial charge on any atom is -0.368 e. The molecule has 0 amide bonds. The standard InChI is InChI=1S/C11H17ClN4/c1-2-16(8-5-3-4-6-8)10-7-9(12)14-11(13)15-10/h7-8H,2-6H2,1H3,(H2,13,14,15). The summed E-state index contributed by atoms with van der Waals surface area (Å²) in [6.07, 6.45) is 5.07. The molecular formula is C11H17ClN4. The molecule has 2 rings (SSSR count). The van der Waals surface area contributed by atoms with Gasteiger partial charge in [-0.25, -0.2) is 4.98 Å². The summed E-state index contributed by atoms with van der Waals surface area (Å²) in [7, 11) is 0. The Bertz CT molecular complexity index is 343. The summed E-state index contributed by atoms with van der Waals surface area (Å²) in [5.74, 6) is 1.10. The van der Waals surface area contributed by atoms with Crippen molar-refractivity contribution in [2.45, 2.75) is 38.6 Å². The van der Waals surface area contributed by atoms with Crippen molar-refractivity contribution in [3.05, 3.63) is 11.2 Å². The van der Waals surface area contributed by atoms with Crippen molar-refractivity contribution in [1.29, 1.82) is 0 Å². The van der Waals surface area contributed by atoms with Gasteiger partial charge in [-0.15, -0.1) is 0 Å². The SMILES string of the molecule is CCN(c1cc(Cl)nc(N)n1)C1CCCC1. The molecule has 0 aromatic carbocycles. The summed E-state index contributed by atoms with van der Waals surface area (Å²) < 4.78 is 0. The van der Waals surface area contributed by atoms with E-state index in [0.29, 0.717) is 11.2 Å². The summed E-state index contributed by atoms with van der Waals surface area (Å²) >= 11 is 5.90. The fourth-order valence-corrected chi connectivity index (χ4v) is 2.58. The first kappa shape index (κ1) is 11.5. The third-order valence-corrected chi connectivity index (χ3v) is 3.29. The van der Waals surface area contributed by atoms with Crippen molar-refractivity contribution < 1.29 is 0 Å². The molecule has 1 fully saturated rings. The molecular weight excluding hydrogens is 224 g/mol. The molecule has 1 aliphatic carbocycles. The molecule has 0 bridgehead atoms. The van der Waals surface area contributed by atoms with Crippen LogP contribution in [0.3, 0.4) is 0 Å². The molecule has 16 heavy (non-hydrogen) atoms. The molecule has 0 saturated heterocycles. The molecule has 0 unspecified atom stereocenters. The van der Waals surface area contributed by atoms with Crippen LogP contribution in [0.25, 0.3) is 0 Å². The molecule has 0 aliphatic heterocycles. The monoisotopic (exact) mass is 240 g/mol. The largest absolute Gasteiger partial charge is 0.368 e. The minimum atomic E-state index is 0.249. The maximum atomic E-state index is 5.90. The van der Waals surface area contributed by atoms with Crippen LogP contribution in [-0.4, -0.2) is 22.6 Å². The Morgan fingerprint density at radius 1 is 1.44 bits per heavy atom. The lowest BCUT2D eigenvalue weighted by molar-refractivity contribution is 0.613. The van der Waals surface area contributed by atoms with E-state index in [1.807, 2.05) is 0 Å². The van der Waals surface area contributed by atoms with E-state index in [-0.39, 0.29) is 5.95 Å². The van der Waals surface area contributed by atoms with Crippen molar-refractivity contribution in [3.8, 4) is 0 Å². The van der Waals surface area contributed by atoms with Gasteiger partial charge in [0.2, 0.25) is 5.95 Å². The number of hydrogen-bond acceptors (Lipinski definition) is 4. The van der Waals surface area contributed by atoms with E-state index < -0.39 is 0 Å². The van der Waals surface area contributed by atoms with E-state index in [1.165, 1.54) is 25.7 Å². The minimum absolute atomic E-state index is 0.249. The van der Waals surface area contributed by atoms with Crippen LogP contribution in [0.2, 0.25) is 5.15 Å². The van der Waals surface area contributed by atoms with E-state index in [0.717, 1.165) is 12.4 Å². The number of nitrogens with two attached hydrogens (primary N) is 1. The first-order valence-electron chi connectivity index (χ1n) is 5.77. The quantitative estimate of drug-likeness (QED) is 0.825. The van der Waals surface area contributed by atoms with Crippen LogP contribution in [0.4, 0.5) is 11.8 Å². The highest BCUT2D eigenvalue weighted by molar-refractivity contribution is 6.29. The average Bonchev–Trinajstić information content (AvgIpc) is 2.70. The van der Waals surface area contributed by atoms with Crippen LogP contribution in [-0.2, 0) is 0 Å². The lowest BCUT2D eigenvalue weighted by Crippen LogP contribution is -2.33. The highest BCUT2D eigenvalue weighted by Crippen LogP contribution is 2.28. The molecule has 1 heterocycles. The van der Waals surface area contributed by atoms with Crippen LogP contribution >= 0.6 is 11.6 Å². The van der Waals surface area contributed by atoms with Crippen LogP contribution in [0.1, 0.15) is 32.6 Å². The molecule has 88 valence electrons. The Balaban J connectivity index is 2.24. The first-order valence-corrected chi connectivity index (χ1v) is 6.15. The summed E-state index contributed by atoms with van der Waals surface area (Å²) in [6.45, 7) is 3.06. The van der Waals surface area contributed by atoms with Crippen molar-refractivity contribution >= 4 is 23.4 Å². The maximum Gasteiger partial charge on any atom is 0.223 e. The molecule has 4 nitrogen and oxygen atoms in total. The van der Waals surface area contributed by atoms with Crippen LogP contribution in [0.5, 0.6) is 0 Å². The van der Waals surface area contributed by atoms with Crippen LogP contribution < -0.4 is 10.6 Å². The van der Waals surface area contributed by atoms with Crippen molar-refractivity contribution in [3.63, 3.8) is 0 Å². The summed E-state index contributed by atoms with van der Waals surface area (Å²) in [5.41, 5.74) is 5.62. The molecule has 2 N–H and O–H groups in total. The zero-order valence-electron chi connectivity index (χ0n) is 9.49. The number of nitrogen functional groups attached to an aromatic ring is 1. The second-order valence-corrected chi connectivity index (χ2v) is 4.52. The van der Waals surface area contributed by atoms with Crippen LogP contribution in [0.15, 0.2) is 6.07 Å². The van der Waals surface area contributed by atoms with Gasteiger partial charge in [0, 0.05) is 18.7 Å². The molecule has 1 aliphatic rings. The van der Waals surface area contributed by atoms with Gasteiger partial charge in [0.05, 0.1) is 0 Å². The van der Waals surface area contributed by atoms with Crippen molar-refractivity contribution in [2.75, 3.05) is 17.2 Å². The molecule has 1 aromatic rings. The Morgan fingerprint density at radius 3 is 2.69 bits per heavy atom. The van der Waals surface area contributed by atoms with Gasteiger partial charge in [-0.1, -0.05) is 24.4 Å². The number of halogens is 1. The van der Waals surface area contributed by atoms with Gasteiger partial charge in [0.15, 0.2) is 0 Å². The highest BCUT2D eigenvalue weighted by atomic mass is 35.5. The molecule has 1 saturated carbocycles.